The Balaban J connectivity index is 0.000000488. The molecule has 1 saturated carbocycles. The minimum atomic E-state index is -0.737. The Kier molecular flexibility index (Phi) is 39.2. The van der Waals surface area contributed by atoms with Gasteiger partial charge in [-0.3, -0.25) is 9.79 Å². The maximum Gasteiger partial charge on any atom is 0.250 e. The van der Waals surface area contributed by atoms with Crippen LogP contribution >= 0.6 is 0 Å². The Hall–Kier alpha value is -5.41. The lowest BCUT2D eigenvalue weighted by Gasteiger charge is -2.43. The van der Waals surface area contributed by atoms with Crippen LogP contribution in [0.25, 0.3) is 0 Å². The molecule has 1 atom stereocenters. The van der Waals surface area contributed by atoms with Crippen LogP contribution < -0.4 is 0 Å². The molecule has 1 spiro atoms. The molecule has 1 unspecified atom stereocenters. The van der Waals surface area contributed by atoms with Gasteiger partial charge in [0.15, 0.2) is 5.78 Å². The number of carbonyl (C=O) groups excluding carboxylic acids is 1. The summed E-state index contributed by atoms with van der Waals surface area (Å²) in [5.74, 6) is 8.16. The van der Waals surface area contributed by atoms with E-state index in [1.165, 1.54) is 75.6 Å². The van der Waals surface area contributed by atoms with Crippen LogP contribution in [0.3, 0.4) is 0 Å². The summed E-state index contributed by atoms with van der Waals surface area (Å²) in [6.07, 6.45) is 9.76. The van der Waals surface area contributed by atoms with E-state index in [-0.39, 0.29) is 109 Å². The minimum Gasteiger partial charge on any atom is -0.497 e. The number of hydrogen-bond acceptors (Lipinski definition) is 15. The zero-order chi connectivity index (χ0) is 101. The number of aliphatic imine (C=N–C) groups is 1. The normalized spacial score (nSPS) is 20.3. The predicted molar refractivity (Wildman–Crippen MR) is 542 cm³/mol. The summed E-state index contributed by atoms with van der Waals surface area (Å²) in [4.78, 5) is 16.7. The van der Waals surface area contributed by atoms with E-state index in [1.54, 1.807) is 0 Å². The highest BCUT2D eigenvalue weighted by molar-refractivity contribution is 5.97. The second kappa shape index (κ2) is 42.2. The monoisotopic (exact) mass is 1790 g/mol. The fraction of sp³-hybridized carbons (Fsp3) is 0.814. The van der Waals surface area contributed by atoms with Crippen LogP contribution in [0.4, 0.5) is 0 Å². The molecule has 15 nitrogen and oxygen atoms in total. The molecule has 15 heteroatoms. The number of carbonyl (C=O) groups is 1. The van der Waals surface area contributed by atoms with Crippen molar-refractivity contribution in [3.8, 4) is 0 Å². The highest BCUT2D eigenvalue weighted by atomic mass is 16.7. The number of azo groups is 1. The molecule has 128 heavy (non-hydrogen) atoms. The summed E-state index contributed by atoms with van der Waals surface area (Å²) < 4.78 is 52.0. The number of aliphatic hydroxyl groups is 1. The van der Waals surface area contributed by atoms with E-state index in [2.05, 4.69) is 396 Å². The van der Waals surface area contributed by atoms with Crippen molar-refractivity contribution in [1.82, 2.24) is 5.16 Å². The Morgan fingerprint density at radius 1 is 0.336 bits per heavy atom. The summed E-state index contributed by atoms with van der Waals surface area (Å²) in [6.45, 7) is 128. The molecule has 0 bridgehead atoms. The molecule has 740 valence electrons. The first kappa shape index (κ1) is 119. The maximum absolute atomic E-state index is 12.0. The number of nitrogens with zero attached hydrogens (tertiary/aromatic N) is 4. The first-order valence-electron chi connectivity index (χ1n) is 48.7. The average molecular weight is 1790 g/mol. The first-order chi connectivity index (χ1) is 56.5. The van der Waals surface area contributed by atoms with Crippen LogP contribution in [0.15, 0.2) is 117 Å². The van der Waals surface area contributed by atoms with Gasteiger partial charge in [-0.1, -0.05) is 379 Å². The second-order valence-electron chi connectivity index (χ2n) is 56.1. The van der Waals surface area contributed by atoms with Gasteiger partial charge in [0, 0.05) is 114 Å². The Morgan fingerprint density at radius 3 is 0.992 bits per heavy atom. The molecule has 1 aromatic rings. The van der Waals surface area contributed by atoms with E-state index in [1.807, 2.05) is 13.1 Å². The number of rotatable bonds is 0. The predicted octanol–water partition coefficient (Wildman–Crippen LogP) is 33.2. The molecule has 1 fully saturated rings. The number of ether oxygens (including phenoxy) is 8. The van der Waals surface area contributed by atoms with Gasteiger partial charge in [-0.2, -0.15) is 10.2 Å². The van der Waals surface area contributed by atoms with Gasteiger partial charge in [-0.05, 0) is 104 Å². The molecule has 0 saturated heterocycles. The minimum absolute atomic E-state index is 0.0295. The van der Waals surface area contributed by atoms with Crippen molar-refractivity contribution in [2.75, 3.05) is 52.8 Å². The Bertz CT molecular complexity index is 3970. The number of hydrogen-bond donors (Lipinski definition) is 1. The van der Waals surface area contributed by atoms with Crippen molar-refractivity contribution in [2.45, 2.75) is 461 Å². The molecule has 9 aliphatic rings. The van der Waals surface area contributed by atoms with Crippen LogP contribution in [-0.4, -0.2) is 85.9 Å². The van der Waals surface area contributed by atoms with Crippen LogP contribution in [-0.2, 0) is 53.5 Å². The molecule has 8 aliphatic heterocycles. The Labute approximate surface area is 788 Å². The van der Waals surface area contributed by atoms with Crippen LogP contribution in [0, 0.1) is 86.6 Å². The number of Topliss-reactive ketones (excluding diaryl/α,β-unsaturated/α-hetero) is 1. The topological polar surface area (TPSA) is 174 Å². The molecule has 9 heterocycles. The molecular formula is C113H202N4O11. The summed E-state index contributed by atoms with van der Waals surface area (Å²) in [6, 6.07) is 0. The average Bonchev–Trinajstić information content (AvgIpc) is 1.58. The van der Waals surface area contributed by atoms with Gasteiger partial charge in [-0.15, -0.1) is 0 Å². The largest absolute Gasteiger partial charge is 0.497 e. The number of aromatic nitrogens is 1. The van der Waals surface area contributed by atoms with Crippen LogP contribution in [0.1, 0.15) is 450 Å². The lowest BCUT2D eigenvalue weighted by atomic mass is 9.70. The smallest absolute Gasteiger partial charge is 0.250 e. The summed E-state index contributed by atoms with van der Waals surface area (Å²) in [7, 11) is 0. The highest BCUT2D eigenvalue weighted by Crippen LogP contribution is 2.55. The lowest BCUT2D eigenvalue weighted by molar-refractivity contribution is -0.212. The molecule has 10 rings (SSSR count). The van der Waals surface area contributed by atoms with E-state index in [9.17, 15) is 9.90 Å². The van der Waals surface area contributed by atoms with E-state index < -0.39 is 5.60 Å². The second-order valence-corrected chi connectivity index (χ2v) is 56.1. The molecule has 0 aromatic carbocycles. The number of allylic oxidation sites excluding steroid dienone is 12. The zero-order valence-electron chi connectivity index (χ0n) is 94.2. The molecule has 0 amide bonds. The van der Waals surface area contributed by atoms with Crippen molar-refractivity contribution >= 4 is 11.5 Å². The maximum atomic E-state index is 12.0. The lowest BCUT2D eigenvalue weighted by Crippen LogP contribution is -2.42. The van der Waals surface area contributed by atoms with Crippen molar-refractivity contribution in [1.29, 1.82) is 0 Å². The van der Waals surface area contributed by atoms with Crippen molar-refractivity contribution in [2.24, 2.45) is 102 Å². The first-order valence-corrected chi connectivity index (χ1v) is 48.7. The van der Waals surface area contributed by atoms with Gasteiger partial charge in [0.2, 0.25) is 0 Å². The molecule has 1 aliphatic carbocycles. The van der Waals surface area contributed by atoms with Gasteiger partial charge in [0.25, 0.3) is 5.79 Å². The van der Waals surface area contributed by atoms with Crippen LogP contribution in [0.2, 0.25) is 0 Å². The third-order valence-electron chi connectivity index (χ3n) is 23.3. The SMILES string of the molecule is CC(C)(C)C1=C(C(C)(C)C)C(=O)CCO1.CC(C)(C)C1=C(C(C)(C)C)C(C)(O)CCO1.CC(C)(C)C1=C(C(C)(C)C)COC1.CC(C)(C)C1=C(C(C)(C)C)N=NC1.CC(C)(C)C1=C(C(C)(C)C)OC2(CCC2)O1.CC(C)(C)C1=C(C(C)(C)C)OCCC1.CC(C)(C)C1=C(C(C)(C)C)OCCO1.CC(C)(C)c1cnoc1C(C)(C)C.CC1=NC(C(C)(C)C)=C(C(C)(C)C)C1. The van der Waals surface area contributed by atoms with Gasteiger partial charge < -0.3 is 47.5 Å². The quantitative estimate of drug-likeness (QED) is 0.244. The summed E-state index contributed by atoms with van der Waals surface area (Å²) in [5, 5.41) is 22.8. The summed E-state index contributed by atoms with van der Waals surface area (Å²) in [5.41, 5.74) is 15.2. The number of ketones is 1. The fourth-order valence-corrected chi connectivity index (χ4v) is 16.6. The molecule has 1 N–H and O–H groups in total. The van der Waals surface area contributed by atoms with E-state index in [4.69, 9.17) is 47.4 Å². The fourth-order valence-electron chi connectivity index (χ4n) is 16.6. The van der Waals surface area contributed by atoms with Crippen molar-refractivity contribution in [3.63, 3.8) is 0 Å². The zero-order valence-corrected chi connectivity index (χ0v) is 94.2. The van der Waals surface area contributed by atoms with E-state index in [0.717, 1.165) is 97.1 Å². The van der Waals surface area contributed by atoms with Gasteiger partial charge in [-0.25, -0.2) is 0 Å². The van der Waals surface area contributed by atoms with E-state index in [0.29, 0.717) is 39.3 Å². The van der Waals surface area contributed by atoms with Gasteiger partial charge in [0.05, 0.1) is 57.1 Å². The summed E-state index contributed by atoms with van der Waals surface area (Å²) >= 11 is 0. The molecule has 1 aromatic heterocycles. The standard InChI is InChI=1S/C14H24O2.C14H26O2.C13H23N.C13H22O2.C13H24O.C12H22O2.C12H22O.C11H20N2.C11H19NO/c1-12(2,3)10-11(13(4,5)6)16-14(15-10)8-7-9-14;1-12(2,3)10-11(13(4,5)6)16-9-8-14(10,7)15;1-9-8-10(12(2,3)4)11(14-9)13(5,6)7;1-12(2,3)10-9(14)7-8-15-11(10)13(4,5)6;1-12(2,3)10-8-7-9-14-11(10)13(4,5)6;1-11(2,3)9-10(12(4,5)6)14-8-7-13-9;1-11(2,3)9-7-13-8-10(9)12(4,5)6;2*1-10(2,3)8-7-12-13-9(8)11(4,5)6/h7-9H2,1-6H3;15H,8-9H2,1-7H3;8H2,1-7H3;7-8H2,1-6H3;7-9H2,1-6H3;7-8H2,1-6H3;7-8H2,1-6H3;7H2,1-6H3;7H,1-6H3. The van der Waals surface area contributed by atoms with Gasteiger partial charge >= 0.3 is 0 Å². The Morgan fingerprint density at radius 2 is 0.711 bits per heavy atom. The highest BCUT2D eigenvalue weighted by Gasteiger charge is 2.53. The van der Waals surface area contributed by atoms with Crippen molar-refractivity contribution < 1.29 is 52.3 Å². The van der Waals surface area contributed by atoms with Crippen LogP contribution in [0.5, 0.6) is 0 Å². The van der Waals surface area contributed by atoms with Crippen molar-refractivity contribution in [3.05, 3.63) is 108 Å². The molecular weight excluding hydrogens is 1590 g/mol. The third kappa shape index (κ3) is 35.8. The third-order valence-corrected chi connectivity index (χ3v) is 23.3. The van der Waals surface area contributed by atoms with Gasteiger partial charge in [0.1, 0.15) is 59.3 Å². The molecule has 0 radical (unpaired) electrons. The van der Waals surface area contributed by atoms with E-state index >= 15 is 0 Å².